The van der Waals surface area contributed by atoms with Gasteiger partial charge < -0.3 is 20.1 Å². The fourth-order valence-corrected chi connectivity index (χ4v) is 7.14. The van der Waals surface area contributed by atoms with Crippen molar-refractivity contribution in [1.82, 2.24) is 5.32 Å². The van der Waals surface area contributed by atoms with Gasteiger partial charge in [-0.2, -0.15) is 0 Å². The van der Waals surface area contributed by atoms with Crippen molar-refractivity contribution in [2.75, 3.05) is 26.4 Å². The molecule has 0 saturated heterocycles. The van der Waals surface area contributed by atoms with E-state index in [0.717, 1.165) is 70.6 Å². The first-order valence-electron chi connectivity index (χ1n) is 23.6. The number of carbonyl (C=O) groups excluding carboxylic acids is 2. The van der Waals surface area contributed by atoms with E-state index in [1.54, 1.807) is 0 Å². The Morgan fingerprint density at radius 3 is 1.41 bits per heavy atom. The molecule has 0 aromatic rings. The molecular formula is C48H88NO8P. The van der Waals surface area contributed by atoms with E-state index >= 15 is 0 Å². The third kappa shape index (κ3) is 45.1. The summed E-state index contributed by atoms with van der Waals surface area (Å²) in [6.45, 7) is 3.51. The molecule has 0 aromatic heterocycles. The van der Waals surface area contributed by atoms with Gasteiger partial charge in [0.25, 0.3) is 0 Å². The fourth-order valence-electron chi connectivity index (χ4n) is 6.38. The van der Waals surface area contributed by atoms with E-state index in [0.29, 0.717) is 6.42 Å². The van der Waals surface area contributed by atoms with Crippen LogP contribution in [0.4, 0.5) is 0 Å². The van der Waals surface area contributed by atoms with Crippen molar-refractivity contribution >= 4 is 19.7 Å². The van der Waals surface area contributed by atoms with Crippen LogP contribution in [0.1, 0.15) is 213 Å². The lowest BCUT2D eigenvalue weighted by Gasteiger charge is -2.15. The van der Waals surface area contributed by atoms with Crippen LogP contribution in [0, 0.1) is 0 Å². The number of carbonyl (C=O) groups is 2. The monoisotopic (exact) mass is 838 g/mol. The summed E-state index contributed by atoms with van der Waals surface area (Å²) >= 11 is 0. The average molecular weight is 838 g/mol. The largest absolute Gasteiger partial charge is 0.472 e. The summed E-state index contributed by atoms with van der Waals surface area (Å²) in [5, 5.41) is 12.7. The Morgan fingerprint density at radius 1 is 0.534 bits per heavy atom. The maximum absolute atomic E-state index is 12.1. The van der Waals surface area contributed by atoms with Crippen molar-refractivity contribution in [3.63, 3.8) is 0 Å². The number of ether oxygens (including phenoxy) is 1. The number of amides is 1. The molecule has 0 radical (unpaired) electrons. The quantitative estimate of drug-likeness (QED) is 0.0239. The topological polar surface area (TPSA) is 131 Å². The zero-order valence-corrected chi connectivity index (χ0v) is 38.1. The standard InChI is InChI=1S/C48H88NO8P/c1-3-5-7-9-11-13-15-17-19-21-22-23-24-25-26-28-30-32-34-36-38-40-47(51)49-42-43-56-58(53,54)57-45-46(50)44-55-48(52)41-39-37-35-33-31-29-27-20-18-16-14-12-10-8-6-4-2/h11,13-14,16-17,19-20,27,46,50H,3-10,12,15,18,21-26,28-45H2,1-2H3,(H,49,51)(H,53,54)/b13-11-,16-14-,19-17-,27-20-. The van der Waals surface area contributed by atoms with Crippen molar-refractivity contribution in [3.05, 3.63) is 48.6 Å². The first-order valence-corrected chi connectivity index (χ1v) is 25.1. The summed E-state index contributed by atoms with van der Waals surface area (Å²) in [7, 11) is -4.42. The predicted molar refractivity (Wildman–Crippen MR) is 243 cm³/mol. The van der Waals surface area contributed by atoms with E-state index in [-0.39, 0.29) is 32.1 Å². The molecule has 0 heterocycles. The third-order valence-corrected chi connectivity index (χ3v) is 11.0. The predicted octanol–water partition coefficient (Wildman–Crippen LogP) is 13.5. The molecule has 0 aliphatic carbocycles. The molecule has 0 fully saturated rings. The Balaban J connectivity index is 3.59. The van der Waals surface area contributed by atoms with Gasteiger partial charge in [0.05, 0.1) is 13.2 Å². The zero-order valence-electron chi connectivity index (χ0n) is 37.2. The first-order chi connectivity index (χ1) is 28.3. The van der Waals surface area contributed by atoms with Crippen LogP contribution >= 0.6 is 7.82 Å². The number of unbranched alkanes of at least 4 members (excludes halogenated alkanes) is 23. The molecule has 1 amide bonds. The molecule has 2 unspecified atom stereocenters. The van der Waals surface area contributed by atoms with Crippen LogP contribution in [0.15, 0.2) is 48.6 Å². The third-order valence-electron chi connectivity index (χ3n) is 9.98. The van der Waals surface area contributed by atoms with Gasteiger partial charge in [0.15, 0.2) is 0 Å². The second kappa shape index (κ2) is 44.5. The van der Waals surface area contributed by atoms with Crippen LogP contribution in [0.5, 0.6) is 0 Å². The van der Waals surface area contributed by atoms with E-state index in [4.69, 9.17) is 13.8 Å². The molecule has 9 nitrogen and oxygen atoms in total. The number of nitrogens with one attached hydrogen (secondary N) is 1. The summed E-state index contributed by atoms with van der Waals surface area (Å²) in [5.41, 5.74) is 0. The summed E-state index contributed by atoms with van der Waals surface area (Å²) in [6.07, 6.45) is 51.8. The molecule has 10 heteroatoms. The van der Waals surface area contributed by atoms with Gasteiger partial charge in [0.2, 0.25) is 5.91 Å². The highest BCUT2D eigenvalue weighted by Crippen LogP contribution is 2.42. The SMILES string of the molecule is CCCCC/C=C\C/C=C\CCCCCCCCCCCCCC(=O)NCCOP(=O)(O)OCC(O)COC(=O)CCCCCCC/C=C\C/C=C\CCCCCC. The first kappa shape index (κ1) is 56.0. The van der Waals surface area contributed by atoms with Gasteiger partial charge in [0, 0.05) is 19.4 Å². The molecule has 338 valence electrons. The number of hydrogen-bond donors (Lipinski definition) is 3. The second-order valence-corrected chi connectivity index (χ2v) is 17.2. The maximum Gasteiger partial charge on any atom is 0.472 e. The molecule has 0 rings (SSSR count). The van der Waals surface area contributed by atoms with E-state index < -0.39 is 26.5 Å². The van der Waals surface area contributed by atoms with E-state index in [9.17, 15) is 24.2 Å². The molecule has 2 atom stereocenters. The molecule has 0 aromatic carbocycles. The van der Waals surface area contributed by atoms with Gasteiger partial charge in [-0.05, 0) is 77.0 Å². The molecule has 0 aliphatic heterocycles. The lowest BCUT2D eigenvalue weighted by atomic mass is 10.0. The van der Waals surface area contributed by atoms with Crippen LogP contribution in [-0.4, -0.2) is 54.3 Å². The Morgan fingerprint density at radius 2 is 0.931 bits per heavy atom. The average Bonchev–Trinajstić information content (AvgIpc) is 3.21. The highest BCUT2D eigenvalue weighted by atomic mass is 31.2. The molecular weight excluding hydrogens is 750 g/mol. The van der Waals surface area contributed by atoms with Crippen molar-refractivity contribution in [2.24, 2.45) is 0 Å². The van der Waals surface area contributed by atoms with Crippen LogP contribution < -0.4 is 5.32 Å². The smallest absolute Gasteiger partial charge is 0.463 e. The van der Waals surface area contributed by atoms with Crippen LogP contribution in [-0.2, 0) is 27.9 Å². The van der Waals surface area contributed by atoms with Crippen LogP contribution in [0.2, 0.25) is 0 Å². The summed E-state index contributed by atoms with van der Waals surface area (Å²) < 4.78 is 26.9. The molecule has 3 N–H and O–H groups in total. The van der Waals surface area contributed by atoms with E-state index in [2.05, 4.69) is 67.8 Å². The highest BCUT2D eigenvalue weighted by molar-refractivity contribution is 7.47. The van der Waals surface area contributed by atoms with E-state index in [1.807, 2.05) is 0 Å². The minimum atomic E-state index is -4.42. The Hall–Kier alpha value is -2.03. The van der Waals surface area contributed by atoms with Gasteiger partial charge in [-0.25, -0.2) is 4.57 Å². The molecule has 0 spiro atoms. The fraction of sp³-hybridized carbons (Fsp3) is 0.792. The van der Waals surface area contributed by atoms with Gasteiger partial charge in [-0.1, -0.05) is 172 Å². The van der Waals surface area contributed by atoms with Gasteiger partial charge in [0.1, 0.15) is 12.7 Å². The van der Waals surface area contributed by atoms with Crippen LogP contribution in [0.25, 0.3) is 0 Å². The Bertz CT molecular complexity index is 1090. The van der Waals surface area contributed by atoms with Gasteiger partial charge in [-0.3, -0.25) is 18.6 Å². The minimum Gasteiger partial charge on any atom is -0.463 e. The molecule has 58 heavy (non-hydrogen) atoms. The molecule has 0 saturated carbocycles. The van der Waals surface area contributed by atoms with Crippen LogP contribution in [0.3, 0.4) is 0 Å². The molecule has 0 aliphatic rings. The summed E-state index contributed by atoms with van der Waals surface area (Å²) in [4.78, 5) is 34.0. The normalized spacial score (nSPS) is 13.7. The van der Waals surface area contributed by atoms with Crippen molar-refractivity contribution < 1.29 is 37.9 Å². The summed E-state index contributed by atoms with van der Waals surface area (Å²) in [5.74, 6) is -0.530. The lowest BCUT2D eigenvalue weighted by Crippen LogP contribution is -2.27. The van der Waals surface area contributed by atoms with Crippen molar-refractivity contribution in [1.29, 1.82) is 0 Å². The number of esters is 1. The number of rotatable bonds is 44. The number of aliphatic hydroxyl groups excluding tert-OH is 1. The zero-order chi connectivity index (χ0) is 42.5. The minimum absolute atomic E-state index is 0.0781. The number of phosphoric ester groups is 1. The number of aliphatic hydroxyl groups is 1. The summed E-state index contributed by atoms with van der Waals surface area (Å²) in [6, 6.07) is 0. The maximum atomic E-state index is 12.1. The number of phosphoric acid groups is 1. The number of hydrogen-bond acceptors (Lipinski definition) is 7. The second-order valence-electron chi connectivity index (χ2n) is 15.7. The Kier molecular flexibility index (Phi) is 43.0. The Labute approximate surface area is 355 Å². The lowest BCUT2D eigenvalue weighted by molar-refractivity contribution is -0.147. The van der Waals surface area contributed by atoms with Crippen molar-refractivity contribution in [3.8, 4) is 0 Å². The number of allylic oxidation sites excluding steroid dienone is 8. The van der Waals surface area contributed by atoms with E-state index in [1.165, 1.54) is 116 Å². The van der Waals surface area contributed by atoms with Gasteiger partial charge >= 0.3 is 13.8 Å². The van der Waals surface area contributed by atoms with Crippen molar-refractivity contribution in [2.45, 2.75) is 219 Å². The molecule has 0 bridgehead atoms. The van der Waals surface area contributed by atoms with Gasteiger partial charge in [-0.15, -0.1) is 0 Å². The highest BCUT2D eigenvalue weighted by Gasteiger charge is 2.23.